The summed E-state index contributed by atoms with van der Waals surface area (Å²) in [6, 6.07) is 2.16. The molecule has 0 unspecified atom stereocenters. The van der Waals surface area contributed by atoms with Crippen molar-refractivity contribution in [3.63, 3.8) is 0 Å². The van der Waals surface area contributed by atoms with Gasteiger partial charge in [-0.1, -0.05) is 0 Å². The van der Waals surface area contributed by atoms with Gasteiger partial charge in [-0.05, 0) is 12.8 Å². The summed E-state index contributed by atoms with van der Waals surface area (Å²) in [5.41, 5.74) is 0. The highest BCUT2D eigenvalue weighted by Gasteiger charge is 2.02. The fourth-order valence-electron chi connectivity index (χ4n) is 1.40. The Morgan fingerprint density at radius 2 is 2.33 bits per heavy atom. The van der Waals surface area contributed by atoms with Crippen LogP contribution in [0.5, 0.6) is 0 Å². The highest BCUT2D eigenvalue weighted by Crippen LogP contribution is 1.93. The zero-order valence-electron chi connectivity index (χ0n) is 9.22. The molecule has 0 spiro atoms. The van der Waals surface area contributed by atoms with Crippen LogP contribution < -0.4 is 4.57 Å². The lowest BCUT2D eigenvalue weighted by Crippen LogP contribution is -2.30. The molecule has 0 amide bonds. The van der Waals surface area contributed by atoms with Crippen LogP contribution >= 0.6 is 0 Å². The maximum absolute atomic E-state index is 8.39. The van der Waals surface area contributed by atoms with E-state index in [0.29, 0.717) is 6.42 Å². The van der Waals surface area contributed by atoms with Gasteiger partial charge in [-0.2, -0.15) is 5.26 Å². The number of hydrogen-bond donors (Lipinski definition) is 0. The van der Waals surface area contributed by atoms with Crippen molar-refractivity contribution in [2.75, 3.05) is 13.7 Å². The monoisotopic (exact) mass is 208 g/mol. The Balaban J connectivity index is 2.24. The molecule has 0 radical (unpaired) electrons. The van der Waals surface area contributed by atoms with Gasteiger partial charge in [-0.3, -0.25) is 0 Å². The maximum Gasteiger partial charge on any atom is 0.243 e. The van der Waals surface area contributed by atoms with Crippen LogP contribution in [0.15, 0.2) is 18.7 Å². The van der Waals surface area contributed by atoms with Crippen LogP contribution in [-0.2, 0) is 17.8 Å². The van der Waals surface area contributed by atoms with E-state index in [1.807, 2.05) is 6.20 Å². The molecule has 1 aromatic heterocycles. The average molecular weight is 208 g/mol. The first-order valence-corrected chi connectivity index (χ1v) is 5.27. The fraction of sp³-hybridized carbons (Fsp3) is 0.636. The minimum atomic E-state index is 0.658. The molecule has 0 aliphatic rings. The predicted octanol–water partition coefficient (Wildman–Crippen LogP) is 1.12. The SMILES string of the molecule is COCCn1cc[n+](CCCCC#N)c1. The summed E-state index contributed by atoms with van der Waals surface area (Å²) in [7, 11) is 1.71. The molecular formula is C11H18N3O+. The molecule has 1 aromatic rings. The van der Waals surface area contributed by atoms with Crippen LogP contribution in [0.3, 0.4) is 0 Å². The third kappa shape index (κ3) is 4.61. The lowest BCUT2D eigenvalue weighted by atomic mass is 10.2. The van der Waals surface area contributed by atoms with Crippen molar-refractivity contribution in [3.8, 4) is 6.07 Å². The van der Waals surface area contributed by atoms with Crippen molar-refractivity contribution in [1.29, 1.82) is 5.26 Å². The van der Waals surface area contributed by atoms with E-state index < -0.39 is 0 Å². The van der Waals surface area contributed by atoms with Crippen molar-refractivity contribution in [3.05, 3.63) is 18.7 Å². The Morgan fingerprint density at radius 3 is 3.07 bits per heavy atom. The molecule has 0 saturated heterocycles. The Labute approximate surface area is 90.7 Å². The second-order valence-corrected chi connectivity index (χ2v) is 3.50. The van der Waals surface area contributed by atoms with Gasteiger partial charge in [0.05, 0.1) is 19.2 Å². The highest BCUT2D eigenvalue weighted by atomic mass is 16.5. The minimum absolute atomic E-state index is 0.658. The van der Waals surface area contributed by atoms with Gasteiger partial charge in [0.15, 0.2) is 0 Å². The summed E-state index contributed by atoms with van der Waals surface area (Å²) in [5, 5.41) is 8.39. The van der Waals surface area contributed by atoms with Crippen molar-refractivity contribution >= 4 is 0 Å². The molecule has 1 heterocycles. The molecule has 0 aromatic carbocycles. The van der Waals surface area contributed by atoms with E-state index in [-0.39, 0.29) is 0 Å². The maximum atomic E-state index is 8.39. The summed E-state index contributed by atoms with van der Waals surface area (Å²) in [5.74, 6) is 0. The number of hydrogen-bond acceptors (Lipinski definition) is 2. The summed E-state index contributed by atoms with van der Waals surface area (Å²) < 4.78 is 9.25. The number of unbranched alkanes of at least 4 members (excludes halogenated alkanes) is 2. The Kier molecular flexibility index (Phi) is 5.49. The topological polar surface area (TPSA) is 41.8 Å². The second-order valence-electron chi connectivity index (χ2n) is 3.50. The highest BCUT2D eigenvalue weighted by molar-refractivity contribution is 4.68. The smallest absolute Gasteiger partial charge is 0.243 e. The summed E-state index contributed by atoms with van der Waals surface area (Å²) in [6.07, 6.45) is 8.88. The first-order chi connectivity index (χ1) is 7.36. The van der Waals surface area contributed by atoms with Gasteiger partial charge >= 0.3 is 0 Å². The van der Waals surface area contributed by atoms with E-state index in [2.05, 4.69) is 27.7 Å². The van der Waals surface area contributed by atoms with Gasteiger partial charge in [0, 0.05) is 13.5 Å². The first kappa shape index (κ1) is 11.7. The van der Waals surface area contributed by atoms with Gasteiger partial charge in [0.1, 0.15) is 18.9 Å². The van der Waals surface area contributed by atoms with E-state index in [9.17, 15) is 0 Å². The largest absolute Gasteiger partial charge is 0.381 e. The van der Waals surface area contributed by atoms with Crippen LogP contribution in [0.25, 0.3) is 0 Å². The molecule has 0 atom stereocenters. The summed E-state index contributed by atoms with van der Waals surface area (Å²) in [4.78, 5) is 0. The molecule has 15 heavy (non-hydrogen) atoms. The molecule has 4 heteroatoms. The molecule has 0 saturated carbocycles. The van der Waals surface area contributed by atoms with Gasteiger partial charge in [0.25, 0.3) is 0 Å². The number of nitrogens with zero attached hydrogens (tertiary/aromatic N) is 3. The zero-order chi connectivity index (χ0) is 10.9. The number of nitriles is 1. The van der Waals surface area contributed by atoms with Gasteiger partial charge in [-0.15, -0.1) is 0 Å². The number of aromatic nitrogens is 2. The van der Waals surface area contributed by atoms with Gasteiger partial charge in [-0.25, -0.2) is 9.13 Å². The molecule has 0 aliphatic heterocycles. The minimum Gasteiger partial charge on any atom is -0.381 e. The quantitative estimate of drug-likeness (QED) is 0.497. The van der Waals surface area contributed by atoms with Crippen molar-refractivity contribution in [1.82, 2.24) is 4.57 Å². The van der Waals surface area contributed by atoms with Crippen LogP contribution in [0.2, 0.25) is 0 Å². The van der Waals surface area contributed by atoms with E-state index in [1.165, 1.54) is 0 Å². The molecule has 0 N–H and O–H groups in total. The standard InChI is InChI=1S/C11H18N3O/c1-15-10-9-14-8-7-13(11-14)6-4-2-3-5-12/h7-8,11H,2-4,6,9-10H2,1H3/q+1. The van der Waals surface area contributed by atoms with Crippen molar-refractivity contribution in [2.45, 2.75) is 32.4 Å². The van der Waals surface area contributed by atoms with E-state index >= 15 is 0 Å². The molecule has 82 valence electrons. The van der Waals surface area contributed by atoms with Crippen LogP contribution in [0.1, 0.15) is 19.3 Å². The van der Waals surface area contributed by atoms with E-state index in [0.717, 1.165) is 32.5 Å². The molecular weight excluding hydrogens is 190 g/mol. The van der Waals surface area contributed by atoms with Crippen LogP contribution in [0, 0.1) is 11.3 Å². The number of methoxy groups -OCH3 is 1. The third-order valence-corrected chi connectivity index (χ3v) is 2.25. The first-order valence-electron chi connectivity index (χ1n) is 5.27. The Hall–Kier alpha value is -1.34. The summed E-state index contributed by atoms with van der Waals surface area (Å²) >= 11 is 0. The number of ether oxygens (including phenoxy) is 1. The average Bonchev–Trinajstić information content (AvgIpc) is 2.69. The third-order valence-electron chi connectivity index (χ3n) is 2.25. The van der Waals surface area contributed by atoms with Crippen molar-refractivity contribution in [2.24, 2.45) is 0 Å². The van der Waals surface area contributed by atoms with Gasteiger partial charge in [0.2, 0.25) is 6.33 Å². The Morgan fingerprint density at radius 1 is 1.47 bits per heavy atom. The van der Waals surface area contributed by atoms with E-state index in [1.54, 1.807) is 7.11 Å². The predicted molar refractivity (Wildman–Crippen MR) is 56.0 cm³/mol. The molecule has 0 bridgehead atoms. The van der Waals surface area contributed by atoms with Gasteiger partial charge < -0.3 is 4.74 Å². The lowest BCUT2D eigenvalue weighted by Gasteiger charge is -1.95. The molecule has 0 aliphatic carbocycles. The molecule has 0 fully saturated rings. The lowest BCUT2D eigenvalue weighted by molar-refractivity contribution is -0.696. The zero-order valence-corrected chi connectivity index (χ0v) is 9.22. The fourth-order valence-corrected chi connectivity index (χ4v) is 1.40. The van der Waals surface area contributed by atoms with Crippen LogP contribution in [-0.4, -0.2) is 18.3 Å². The number of aryl methyl sites for hydroxylation is 1. The Bertz CT molecular complexity index is 314. The number of rotatable bonds is 7. The number of imidazole rings is 1. The molecule has 4 nitrogen and oxygen atoms in total. The molecule has 1 rings (SSSR count). The second kappa shape index (κ2) is 7.02. The van der Waals surface area contributed by atoms with Crippen molar-refractivity contribution < 1.29 is 9.30 Å². The normalized spacial score (nSPS) is 10.1. The summed E-state index contributed by atoms with van der Waals surface area (Å²) in [6.45, 7) is 2.62. The van der Waals surface area contributed by atoms with Crippen LogP contribution in [0.4, 0.5) is 0 Å². The van der Waals surface area contributed by atoms with E-state index in [4.69, 9.17) is 10.00 Å².